The van der Waals surface area contributed by atoms with Gasteiger partial charge in [-0.05, 0) is 15.6 Å². The van der Waals surface area contributed by atoms with E-state index in [0.29, 0.717) is 0 Å². The second-order valence-corrected chi connectivity index (χ2v) is 4.97. The molecule has 0 spiro atoms. The molecule has 0 saturated heterocycles. The molecule has 8 heavy (non-hydrogen) atoms. The quantitative estimate of drug-likeness (QED) is 0.395. The summed E-state index contributed by atoms with van der Waals surface area (Å²) in [5.41, 5.74) is 0. The highest BCUT2D eigenvalue weighted by Crippen LogP contribution is 2.25. The summed E-state index contributed by atoms with van der Waals surface area (Å²) in [6, 6.07) is 0. The Kier molecular flexibility index (Phi) is 9.44. The summed E-state index contributed by atoms with van der Waals surface area (Å²) in [6.45, 7) is 4.63. The van der Waals surface area contributed by atoms with Crippen molar-refractivity contribution in [3.63, 3.8) is 0 Å². The Morgan fingerprint density at radius 3 is 3.00 bits per heavy atom. The van der Waals surface area contributed by atoms with Gasteiger partial charge in [0.05, 0.1) is 0 Å². The second kappa shape index (κ2) is 8.20. The Labute approximate surface area is 66.1 Å². The van der Waals surface area contributed by atoms with Crippen LogP contribution in [0.4, 0.5) is 0 Å². The molecule has 0 aromatic carbocycles. The first kappa shape index (κ1) is 9.20. The van der Waals surface area contributed by atoms with Gasteiger partial charge in [-0.25, -0.2) is 0 Å². The van der Waals surface area contributed by atoms with E-state index in [1.54, 1.807) is 6.76 Å². The van der Waals surface area contributed by atoms with Gasteiger partial charge in [-0.3, -0.25) is 0 Å². The molecule has 0 aliphatic heterocycles. The second-order valence-electron chi connectivity index (χ2n) is 1.13. The van der Waals surface area contributed by atoms with Gasteiger partial charge < -0.3 is 4.65 Å². The number of rotatable bonds is 5. The van der Waals surface area contributed by atoms with Crippen LogP contribution in [0, 0.1) is 0 Å². The maximum Gasteiger partial charge on any atom is 0.384 e. The van der Waals surface area contributed by atoms with E-state index in [0.717, 1.165) is 13.0 Å². The molecule has 47 valence electrons. The van der Waals surface area contributed by atoms with Crippen LogP contribution in [0.25, 0.3) is 0 Å². The molecule has 0 saturated carbocycles. The lowest BCUT2D eigenvalue weighted by Crippen LogP contribution is -1.92. The molecule has 0 unspecified atom stereocenters. The van der Waals surface area contributed by atoms with Gasteiger partial charge in [0.25, 0.3) is 0 Å². The van der Waals surface area contributed by atoms with Gasteiger partial charge >= 0.3 is 6.76 Å². The van der Waals surface area contributed by atoms with Crippen LogP contribution in [-0.2, 0) is 4.65 Å². The monoisotopic (exact) mass is 213 g/mol. The predicted molar refractivity (Wildman–Crippen MR) is 46.1 cm³/mol. The third-order valence-electron chi connectivity index (χ3n) is 0.466. The normalized spacial score (nSPS) is 9.25. The highest BCUT2D eigenvalue weighted by atomic mass is 79.9. The average molecular weight is 214 g/mol. The van der Waals surface area contributed by atoms with Crippen LogP contribution in [0.2, 0.25) is 0 Å². The predicted octanol–water partition coefficient (Wildman–Crippen LogP) is 2.64. The van der Waals surface area contributed by atoms with E-state index in [-0.39, 0.29) is 0 Å². The van der Waals surface area contributed by atoms with Crippen LogP contribution in [-0.4, -0.2) is 13.4 Å². The van der Waals surface area contributed by atoms with E-state index >= 15 is 0 Å². The zero-order valence-electron chi connectivity index (χ0n) is 4.59. The van der Waals surface area contributed by atoms with Crippen molar-refractivity contribution in [3.05, 3.63) is 0 Å². The fraction of sp³-hybridized carbons (Fsp3) is 1.00. The molecule has 0 N–H and O–H groups in total. The van der Waals surface area contributed by atoms with Crippen LogP contribution in [0.1, 0.15) is 13.3 Å². The van der Waals surface area contributed by atoms with E-state index in [2.05, 4.69) is 21.7 Å². The van der Waals surface area contributed by atoms with Crippen molar-refractivity contribution in [2.45, 2.75) is 13.3 Å². The van der Waals surface area contributed by atoms with Crippen molar-refractivity contribution in [3.8, 4) is 0 Å². The summed E-state index contributed by atoms with van der Waals surface area (Å²) >= 11 is 3.17. The third kappa shape index (κ3) is 7.20. The van der Waals surface area contributed by atoms with Crippen LogP contribution in [0.15, 0.2) is 0 Å². The lowest BCUT2D eigenvalue weighted by Gasteiger charge is -1.94. The van der Waals surface area contributed by atoms with Crippen molar-refractivity contribution in [1.82, 2.24) is 0 Å². The minimum Gasteiger partial charge on any atom is -0.428 e. The lowest BCUT2D eigenvalue weighted by molar-refractivity contribution is 0.346. The van der Waals surface area contributed by atoms with Gasteiger partial charge in [-0.15, -0.1) is 10.6 Å². The highest BCUT2D eigenvalue weighted by molar-refractivity contribution is 9.62. The SMILES string of the molecule is CCCO[B]SSBr. The molecule has 0 aliphatic rings. The molecule has 0 heterocycles. The Morgan fingerprint density at radius 1 is 1.75 bits per heavy atom. The molecule has 0 aromatic heterocycles. The molecular weight excluding hydrogens is 207 g/mol. The van der Waals surface area contributed by atoms with Gasteiger partial charge in [0.1, 0.15) is 0 Å². The number of hydrogen-bond acceptors (Lipinski definition) is 3. The van der Waals surface area contributed by atoms with Crippen molar-refractivity contribution < 1.29 is 4.65 Å². The maximum absolute atomic E-state index is 5.01. The maximum atomic E-state index is 5.01. The summed E-state index contributed by atoms with van der Waals surface area (Å²) in [5, 5.41) is 0. The zero-order chi connectivity index (χ0) is 6.24. The first-order valence-corrected chi connectivity index (χ1v) is 6.34. The first-order chi connectivity index (χ1) is 3.91. The molecule has 1 radical (unpaired) electrons. The summed E-state index contributed by atoms with van der Waals surface area (Å²) in [5.74, 6) is 0. The molecule has 0 amide bonds. The van der Waals surface area contributed by atoms with Crippen LogP contribution in [0.5, 0.6) is 0 Å². The summed E-state index contributed by atoms with van der Waals surface area (Å²) in [7, 11) is 3.03. The van der Waals surface area contributed by atoms with Gasteiger partial charge in [-0.1, -0.05) is 6.92 Å². The molecule has 0 bridgehead atoms. The topological polar surface area (TPSA) is 9.23 Å². The minimum atomic E-state index is 0.820. The van der Waals surface area contributed by atoms with Gasteiger partial charge in [0, 0.05) is 21.4 Å². The van der Waals surface area contributed by atoms with Crippen molar-refractivity contribution in [2.75, 3.05) is 6.61 Å². The Morgan fingerprint density at radius 2 is 2.50 bits per heavy atom. The summed E-state index contributed by atoms with van der Waals surface area (Å²) in [6.07, 6.45) is 1.07. The molecule has 5 heteroatoms. The highest BCUT2D eigenvalue weighted by Gasteiger charge is 1.88. The molecular formula is C3H7BBrOS2. The van der Waals surface area contributed by atoms with E-state index < -0.39 is 0 Å². The minimum absolute atomic E-state index is 0.820. The molecule has 0 aromatic rings. The number of halogens is 1. The lowest BCUT2D eigenvalue weighted by atomic mass is 10.5. The smallest absolute Gasteiger partial charge is 0.384 e. The Bertz CT molecular complexity index is 42.3. The number of hydrogen-bond donors (Lipinski definition) is 0. The van der Waals surface area contributed by atoms with E-state index in [9.17, 15) is 0 Å². The van der Waals surface area contributed by atoms with Gasteiger partial charge in [0.15, 0.2) is 0 Å². The largest absolute Gasteiger partial charge is 0.428 e. The standard InChI is InChI=1S/C3H7BBrOS2/c1-2-3-6-4-7-8-5/h2-3H2,1H3. The molecule has 0 atom stereocenters. The molecule has 0 rings (SSSR count). The fourth-order valence-corrected chi connectivity index (χ4v) is 1.21. The van der Waals surface area contributed by atoms with Gasteiger partial charge in [0.2, 0.25) is 0 Å². The zero-order valence-corrected chi connectivity index (χ0v) is 7.81. The third-order valence-corrected chi connectivity index (χ3v) is 2.58. The molecule has 0 aliphatic carbocycles. The van der Waals surface area contributed by atoms with Crippen LogP contribution in [0.3, 0.4) is 0 Å². The average Bonchev–Trinajstić information content (AvgIpc) is 1.81. The molecule has 1 nitrogen and oxygen atoms in total. The van der Waals surface area contributed by atoms with Crippen LogP contribution >= 0.6 is 34.7 Å². The Balaban J connectivity index is 2.53. The Hall–Kier alpha value is 1.20. The first-order valence-electron chi connectivity index (χ1n) is 2.29. The molecule has 0 fully saturated rings. The fourth-order valence-electron chi connectivity index (χ4n) is 0.209. The van der Waals surface area contributed by atoms with Crippen molar-refractivity contribution >= 4 is 41.4 Å². The van der Waals surface area contributed by atoms with Gasteiger partial charge in [-0.2, -0.15) is 0 Å². The van der Waals surface area contributed by atoms with E-state index in [1.165, 1.54) is 19.9 Å². The van der Waals surface area contributed by atoms with E-state index in [4.69, 9.17) is 4.65 Å². The van der Waals surface area contributed by atoms with Crippen LogP contribution < -0.4 is 0 Å². The van der Waals surface area contributed by atoms with Crippen molar-refractivity contribution in [1.29, 1.82) is 0 Å². The summed E-state index contributed by atoms with van der Waals surface area (Å²) < 4.78 is 5.01. The summed E-state index contributed by atoms with van der Waals surface area (Å²) in [4.78, 5) is 0. The van der Waals surface area contributed by atoms with E-state index in [1.807, 2.05) is 0 Å². The van der Waals surface area contributed by atoms with Crippen molar-refractivity contribution in [2.24, 2.45) is 0 Å².